The number of halogens is 1. The molecule has 0 saturated carbocycles. The minimum absolute atomic E-state index is 0.0668. The first kappa shape index (κ1) is 15.6. The highest BCUT2D eigenvalue weighted by Gasteiger charge is 2.15. The molecule has 19 heavy (non-hydrogen) atoms. The van der Waals surface area contributed by atoms with Gasteiger partial charge in [-0.15, -0.1) is 0 Å². The number of benzene rings is 1. The number of hydrogen-bond acceptors (Lipinski definition) is 3. The Morgan fingerprint density at radius 3 is 2.53 bits per heavy atom. The van der Waals surface area contributed by atoms with Gasteiger partial charge in [0.25, 0.3) is 10.9 Å². The van der Waals surface area contributed by atoms with Gasteiger partial charge in [-0.3, -0.25) is 14.9 Å². The number of hydrogen-bond donors (Lipinski definition) is 0. The van der Waals surface area contributed by atoms with Crippen molar-refractivity contribution >= 4 is 22.5 Å². The molecule has 0 aliphatic rings. The van der Waals surface area contributed by atoms with Crippen molar-refractivity contribution < 1.29 is 9.72 Å². The van der Waals surface area contributed by atoms with Gasteiger partial charge in [-0.2, -0.15) is 0 Å². The van der Waals surface area contributed by atoms with Crippen LogP contribution in [-0.2, 0) is 6.42 Å². The van der Waals surface area contributed by atoms with E-state index in [4.69, 9.17) is 11.6 Å². The highest BCUT2D eigenvalue weighted by molar-refractivity contribution is 6.67. The number of unbranched alkanes of at least 4 members (excludes halogenated alkanes) is 4. The molecule has 1 aromatic carbocycles. The van der Waals surface area contributed by atoms with Crippen LogP contribution in [0.3, 0.4) is 0 Å². The van der Waals surface area contributed by atoms with Crippen LogP contribution < -0.4 is 0 Å². The van der Waals surface area contributed by atoms with Crippen LogP contribution in [0.5, 0.6) is 0 Å². The predicted octanol–water partition coefficient (Wildman–Crippen LogP) is 4.49. The Morgan fingerprint density at radius 2 is 1.95 bits per heavy atom. The van der Waals surface area contributed by atoms with Crippen molar-refractivity contribution in [2.75, 3.05) is 0 Å². The summed E-state index contributed by atoms with van der Waals surface area (Å²) < 4.78 is 0. The Bertz CT molecular complexity index is 460. The van der Waals surface area contributed by atoms with Gasteiger partial charge in [-0.25, -0.2) is 0 Å². The molecule has 0 aliphatic heterocycles. The Hall–Kier alpha value is -1.42. The molecule has 0 spiro atoms. The Balaban J connectivity index is 2.74. The van der Waals surface area contributed by atoms with Crippen LogP contribution in [0, 0.1) is 10.1 Å². The van der Waals surface area contributed by atoms with E-state index in [9.17, 15) is 14.9 Å². The Kier molecular flexibility index (Phi) is 6.50. The number of carbonyl (C=O) groups is 1. The average molecular weight is 284 g/mol. The molecule has 104 valence electrons. The van der Waals surface area contributed by atoms with Gasteiger partial charge in [0.2, 0.25) is 0 Å². The normalized spacial score (nSPS) is 10.4. The molecule has 0 N–H and O–H groups in total. The van der Waals surface area contributed by atoms with Crippen LogP contribution in [-0.4, -0.2) is 10.2 Å². The van der Waals surface area contributed by atoms with Gasteiger partial charge in [-0.05, 0) is 36.6 Å². The first-order chi connectivity index (χ1) is 9.06. The van der Waals surface area contributed by atoms with Crippen molar-refractivity contribution in [2.45, 2.75) is 45.4 Å². The molecule has 1 rings (SSSR count). The van der Waals surface area contributed by atoms with Gasteiger partial charge >= 0.3 is 0 Å². The first-order valence-corrected chi connectivity index (χ1v) is 6.91. The lowest BCUT2D eigenvalue weighted by molar-refractivity contribution is -0.385. The molecule has 0 atom stereocenters. The van der Waals surface area contributed by atoms with Crippen LogP contribution in [0.1, 0.15) is 54.9 Å². The number of nitro groups is 1. The van der Waals surface area contributed by atoms with Crippen molar-refractivity contribution in [1.29, 1.82) is 0 Å². The Labute approximate surface area is 117 Å². The molecule has 0 bridgehead atoms. The van der Waals surface area contributed by atoms with E-state index >= 15 is 0 Å². The zero-order valence-corrected chi connectivity index (χ0v) is 11.8. The molecule has 0 fully saturated rings. The van der Waals surface area contributed by atoms with Crippen LogP contribution in [0.15, 0.2) is 18.2 Å². The van der Waals surface area contributed by atoms with Crippen molar-refractivity contribution in [3.63, 3.8) is 0 Å². The highest BCUT2D eigenvalue weighted by Crippen LogP contribution is 2.23. The van der Waals surface area contributed by atoms with E-state index in [1.165, 1.54) is 24.6 Å². The number of carbonyl (C=O) groups excluding carboxylic acids is 1. The molecular formula is C14H18ClNO3. The average Bonchev–Trinajstić information content (AvgIpc) is 2.38. The van der Waals surface area contributed by atoms with E-state index in [1.807, 2.05) is 0 Å². The van der Waals surface area contributed by atoms with Crippen molar-refractivity contribution in [1.82, 2.24) is 0 Å². The second kappa shape index (κ2) is 7.89. The largest absolute Gasteiger partial charge is 0.276 e. The summed E-state index contributed by atoms with van der Waals surface area (Å²) >= 11 is 5.40. The van der Waals surface area contributed by atoms with Gasteiger partial charge < -0.3 is 0 Å². The van der Waals surface area contributed by atoms with E-state index in [2.05, 4.69) is 6.92 Å². The maximum atomic E-state index is 11.1. The SMILES string of the molecule is CCCCCCCc1cc(C(=O)Cl)ccc1[N+](=O)[O-]. The van der Waals surface area contributed by atoms with Crippen molar-refractivity contribution in [2.24, 2.45) is 0 Å². The lowest BCUT2D eigenvalue weighted by Gasteiger charge is -2.04. The molecule has 5 heteroatoms. The van der Waals surface area contributed by atoms with Crippen LogP contribution >= 0.6 is 11.6 Å². The number of nitro benzene ring substituents is 1. The van der Waals surface area contributed by atoms with E-state index < -0.39 is 10.2 Å². The third-order valence-corrected chi connectivity index (χ3v) is 3.27. The standard InChI is InChI=1S/C14H18ClNO3/c1-2-3-4-5-6-7-11-10-12(14(15)17)8-9-13(11)16(18)19/h8-10H,2-7H2,1H3. The molecule has 1 aromatic rings. The van der Waals surface area contributed by atoms with Gasteiger partial charge in [-0.1, -0.05) is 32.6 Å². The highest BCUT2D eigenvalue weighted by atomic mass is 35.5. The molecule has 0 radical (unpaired) electrons. The van der Waals surface area contributed by atoms with Crippen molar-refractivity contribution in [3.8, 4) is 0 Å². The maximum Gasteiger partial charge on any atom is 0.272 e. The minimum atomic E-state index is -0.581. The fourth-order valence-corrected chi connectivity index (χ4v) is 2.12. The van der Waals surface area contributed by atoms with E-state index in [0.29, 0.717) is 17.5 Å². The topological polar surface area (TPSA) is 60.2 Å². The second-order valence-electron chi connectivity index (χ2n) is 4.54. The minimum Gasteiger partial charge on any atom is -0.276 e. The Morgan fingerprint density at radius 1 is 1.26 bits per heavy atom. The molecule has 0 saturated heterocycles. The molecular weight excluding hydrogens is 266 g/mol. The number of rotatable bonds is 8. The van der Waals surface area contributed by atoms with Crippen LogP contribution in [0.2, 0.25) is 0 Å². The summed E-state index contributed by atoms with van der Waals surface area (Å²) in [6, 6.07) is 4.29. The van der Waals surface area contributed by atoms with Crippen molar-refractivity contribution in [3.05, 3.63) is 39.4 Å². The summed E-state index contributed by atoms with van der Waals surface area (Å²) in [4.78, 5) is 21.6. The molecule has 0 aromatic heterocycles. The van der Waals surface area contributed by atoms with E-state index in [1.54, 1.807) is 0 Å². The summed E-state index contributed by atoms with van der Waals surface area (Å²) in [6.07, 6.45) is 6.03. The third-order valence-electron chi connectivity index (χ3n) is 3.05. The second-order valence-corrected chi connectivity index (χ2v) is 4.88. The van der Waals surface area contributed by atoms with Gasteiger partial charge in [0.15, 0.2) is 0 Å². The number of nitrogens with zero attached hydrogens (tertiary/aromatic N) is 1. The molecule has 0 unspecified atom stereocenters. The van der Waals surface area contributed by atoms with Gasteiger partial charge in [0.05, 0.1) is 4.92 Å². The maximum absolute atomic E-state index is 11.1. The summed E-state index contributed by atoms with van der Waals surface area (Å²) in [7, 11) is 0. The first-order valence-electron chi connectivity index (χ1n) is 6.53. The smallest absolute Gasteiger partial charge is 0.272 e. The van der Waals surface area contributed by atoms with Crippen LogP contribution in [0.25, 0.3) is 0 Å². The molecule has 0 heterocycles. The quantitative estimate of drug-likeness (QED) is 0.306. The predicted molar refractivity (Wildman–Crippen MR) is 75.7 cm³/mol. The lowest BCUT2D eigenvalue weighted by atomic mass is 10.0. The van der Waals surface area contributed by atoms with Gasteiger partial charge in [0.1, 0.15) is 0 Å². The number of aryl methyl sites for hydroxylation is 1. The van der Waals surface area contributed by atoms with E-state index in [-0.39, 0.29) is 5.69 Å². The molecule has 0 amide bonds. The summed E-state index contributed by atoms with van der Waals surface area (Å²) in [5.74, 6) is 0. The monoisotopic (exact) mass is 283 g/mol. The zero-order chi connectivity index (χ0) is 14.3. The molecule has 4 nitrogen and oxygen atoms in total. The summed E-state index contributed by atoms with van der Waals surface area (Å²) in [5.41, 5.74) is 0.973. The van der Waals surface area contributed by atoms with E-state index in [0.717, 1.165) is 25.7 Å². The fourth-order valence-electron chi connectivity index (χ4n) is 2.01. The summed E-state index contributed by atoms with van der Waals surface area (Å²) in [5, 5.41) is 10.3. The molecule has 0 aliphatic carbocycles. The summed E-state index contributed by atoms with van der Waals surface area (Å²) in [6.45, 7) is 2.14. The zero-order valence-electron chi connectivity index (χ0n) is 11.0. The van der Waals surface area contributed by atoms with Crippen LogP contribution in [0.4, 0.5) is 5.69 Å². The fraction of sp³-hybridized carbons (Fsp3) is 0.500. The van der Waals surface area contributed by atoms with Gasteiger partial charge in [0, 0.05) is 17.2 Å². The third kappa shape index (κ3) is 4.99. The lowest BCUT2D eigenvalue weighted by Crippen LogP contribution is -1.99.